The van der Waals surface area contributed by atoms with Gasteiger partial charge in [0.15, 0.2) is 0 Å². The third-order valence-electron chi connectivity index (χ3n) is 3.65. The van der Waals surface area contributed by atoms with Gasteiger partial charge in [-0.1, -0.05) is 17.3 Å². The zero-order chi connectivity index (χ0) is 16.2. The van der Waals surface area contributed by atoms with Crippen LogP contribution in [0.1, 0.15) is 17.0 Å². The van der Waals surface area contributed by atoms with Gasteiger partial charge in [0.2, 0.25) is 0 Å². The largest absolute Gasteiger partial charge is 0.497 e. The van der Waals surface area contributed by atoms with Crippen LogP contribution in [0.2, 0.25) is 0 Å². The lowest BCUT2D eigenvalue weighted by atomic mass is 10.1. The standard InChI is InChI=1S/C17H18N4O2/c1-12-17(14-7-8-18-15(9-14)11-22)21(20-19-12)10-13-3-5-16(23-2)6-4-13/h3-9,22H,10-11H2,1-2H3. The lowest BCUT2D eigenvalue weighted by molar-refractivity contribution is 0.277. The van der Waals surface area contributed by atoms with E-state index in [0.29, 0.717) is 12.2 Å². The summed E-state index contributed by atoms with van der Waals surface area (Å²) in [6.07, 6.45) is 1.69. The number of aryl methyl sites for hydroxylation is 1. The minimum absolute atomic E-state index is 0.0903. The monoisotopic (exact) mass is 310 g/mol. The summed E-state index contributed by atoms with van der Waals surface area (Å²) in [5.74, 6) is 0.825. The van der Waals surface area contributed by atoms with E-state index < -0.39 is 0 Å². The highest BCUT2D eigenvalue weighted by molar-refractivity contribution is 5.61. The van der Waals surface area contributed by atoms with Crippen molar-refractivity contribution in [3.63, 3.8) is 0 Å². The molecule has 0 fully saturated rings. The van der Waals surface area contributed by atoms with E-state index in [9.17, 15) is 5.11 Å². The van der Waals surface area contributed by atoms with Crippen molar-refractivity contribution in [1.82, 2.24) is 20.0 Å². The van der Waals surface area contributed by atoms with Gasteiger partial charge in [0.25, 0.3) is 0 Å². The van der Waals surface area contributed by atoms with Gasteiger partial charge in [-0.05, 0) is 36.8 Å². The number of hydrogen-bond acceptors (Lipinski definition) is 5. The summed E-state index contributed by atoms with van der Waals surface area (Å²) >= 11 is 0. The van der Waals surface area contributed by atoms with Crippen LogP contribution in [0.5, 0.6) is 5.75 Å². The van der Waals surface area contributed by atoms with Crippen LogP contribution in [-0.4, -0.2) is 32.2 Å². The molecule has 6 nitrogen and oxygen atoms in total. The maximum absolute atomic E-state index is 9.27. The molecule has 1 N–H and O–H groups in total. The van der Waals surface area contributed by atoms with E-state index in [0.717, 1.165) is 28.3 Å². The number of nitrogens with zero attached hydrogens (tertiary/aromatic N) is 4. The van der Waals surface area contributed by atoms with Crippen LogP contribution in [0.25, 0.3) is 11.3 Å². The van der Waals surface area contributed by atoms with Gasteiger partial charge in [0, 0.05) is 11.8 Å². The molecule has 0 saturated carbocycles. The predicted molar refractivity (Wildman–Crippen MR) is 86.0 cm³/mol. The fourth-order valence-corrected chi connectivity index (χ4v) is 2.48. The fourth-order valence-electron chi connectivity index (χ4n) is 2.48. The van der Waals surface area contributed by atoms with Crippen LogP contribution in [0.3, 0.4) is 0 Å². The number of aliphatic hydroxyl groups is 1. The molecule has 6 heteroatoms. The van der Waals surface area contributed by atoms with Crippen molar-refractivity contribution in [2.24, 2.45) is 0 Å². The maximum atomic E-state index is 9.27. The van der Waals surface area contributed by atoms with Gasteiger partial charge in [0.05, 0.1) is 37.3 Å². The molecule has 23 heavy (non-hydrogen) atoms. The van der Waals surface area contributed by atoms with Crippen molar-refractivity contribution in [2.75, 3.05) is 7.11 Å². The van der Waals surface area contributed by atoms with E-state index in [1.54, 1.807) is 13.3 Å². The maximum Gasteiger partial charge on any atom is 0.118 e. The summed E-state index contributed by atoms with van der Waals surface area (Å²) in [5.41, 5.74) is 4.44. The van der Waals surface area contributed by atoms with Crippen LogP contribution in [-0.2, 0) is 13.2 Å². The normalized spacial score (nSPS) is 10.7. The Morgan fingerprint density at radius 1 is 1.17 bits per heavy atom. The predicted octanol–water partition coefficient (Wildman–Crippen LogP) is 2.20. The highest BCUT2D eigenvalue weighted by Crippen LogP contribution is 2.23. The number of rotatable bonds is 5. The summed E-state index contributed by atoms with van der Waals surface area (Å²) < 4.78 is 7.03. The van der Waals surface area contributed by atoms with Crippen LogP contribution < -0.4 is 4.74 Å². The molecule has 0 aliphatic rings. The SMILES string of the molecule is COc1ccc(Cn2nnc(C)c2-c2ccnc(CO)c2)cc1. The van der Waals surface area contributed by atoms with Gasteiger partial charge in [-0.15, -0.1) is 5.10 Å². The van der Waals surface area contributed by atoms with Crippen LogP contribution in [0, 0.1) is 6.92 Å². The first-order valence-corrected chi connectivity index (χ1v) is 7.30. The molecule has 2 aromatic heterocycles. The minimum Gasteiger partial charge on any atom is -0.497 e. The molecule has 3 aromatic rings. The van der Waals surface area contributed by atoms with Gasteiger partial charge >= 0.3 is 0 Å². The van der Waals surface area contributed by atoms with E-state index >= 15 is 0 Å². The summed E-state index contributed by atoms with van der Waals surface area (Å²) in [4.78, 5) is 4.12. The van der Waals surface area contributed by atoms with E-state index in [4.69, 9.17) is 4.74 Å². The van der Waals surface area contributed by atoms with E-state index in [-0.39, 0.29) is 6.61 Å². The number of aliphatic hydroxyl groups excluding tert-OH is 1. The summed E-state index contributed by atoms with van der Waals surface area (Å²) in [7, 11) is 1.65. The van der Waals surface area contributed by atoms with Gasteiger partial charge < -0.3 is 9.84 Å². The van der Waals surface area contributed by atoms with Crippen molar-refractivity contribution in [3.8, 4) is 17.0 Å². The first kappa shape index (κ1) is 15.2. The molecular formula is C17H18N4O2. The Morgan fingerprint density at radius 2 is 1.96 bits per heavy atom. The van der Waals surface area contributed by atoms with Crippen molar-refractivity contribution in [2.45, 2.75) is 20.1 Å². The lowest BCUT2D eigenvalue weighted by Gasteiger charge is -2.09. The second-order valence-corrected chi connectivity index (χ2v) is 5.22. The average Bonchev–Trinajstić information content (AvgIpc) is 2.96. The molecular weight excluding hydrogens is 292 g/mol. The summed E-state index contributed by atoms with van der Waals surface area (Å²) in [6, 6.07) is 11.6. The Balaban J connectivity index is 1.94. The quantitative estimate of drug-likeness (QED) is 0.782. The van der Waals surface area contributed by atoms with Gasteiger partial charge in [-0.25, -0.2) is 4.68 Å². The Morgan fingerprint density at radius 3 is 2.65 bits per heavy atom. The molecule has 0 aliphatic carbocycles. The summed E-state index contributed by atoms with van der Waals surface area (Å²) in [6.45, 7) is 2.44. The van der Waals surface area contributed by atoms with Gasteiger partial charge in [0.1, 0.15) is 5.75 Å². The molecule has 1 aromatic carbocycles. The van der Waals surface area contributed by atoms with Crippen LogP contribution >= 0.6 is 0 Å². The topological polar surface area (TPSA) is 73.1 Å². The first-order chi connectivity index (χ1) is 11.2. The number of ether oxygens (including phenoxy) is 1. The van der Waals surface area contributed by atoms with Gasteiger partial charge in [-0.2, -0.15) is 0 Å². The van der Waals surface area contributed by atoms with Crippen molar-refractivity contribution in [3.05, 3.63) is 59.5 Å². The van der Waals surface area contributed by atoms with Crippen LogP contribution in [0.15, 0.2) is 42.6 Å². The number of benzene rings is 1. The Labute approximate surface area is 134 Å². The first-order valence-electron chi connectivity index (χ1n) is 7.30. The van der Waals surface area contributed by atoms with Crippen LogP contribution in [0.4, 0.5) is 0 Å². The van der Waals surface area contributed by atoms with Gasteiger partial charge in [-0.3, -0.25) is 4.98 Å². The number of hydrogen-bond donors (Lipinski definition) is 1. The molecule has 0 unspecified atom stereocenters. The third-order valence-corrected chi connectivity index (χ3v) is 3.65. The lowest BCUT2D eigenvalue weighted by Crippen LogP contribution is -2.05. The molecule has 0 spiro atoms. The molecule has 0 aliphatic heterocycles. The zero-order valence-corrected chi connectivity index (χ0v) is 13.1. The summed E-state index contributed by atoms with van der Waals surface area (Å²) in [5, 5.41) is 17.7. The smallest absolute Gasteiger partial charge is 0.118 e. The minimum atomic E-state index is -0.0903. The molecule has 0 radical (unpaired) electrons. The molecule has 118 valence electrons. The zero-order valence-electron chi connectivity index (χ0n) is 13.1. The Kier molecular flexibility index (Phi) is 4.34. The second-order valence-electron chi connectivity index (χ2n) is 5.22. The highest BCUT2D eigenvalue weighted by atomic mass is 16.5. The second kappa shape index (κ2) is 6.58. The van der Waals surface area contributed by atoms with E-state index in [2.05, 4.69) is 15.3 Å². The van der Waals surface area contributed by atoms with Crippen molar-refractivity contribution >= 4 is 0 Å². The molecule has 0 amide bonds. The molecule has 2 heterocycles. The Bertz CT molecular complexity index is 797. The third kappa shape index (κ3) is 3.22. The number of aromatic nitrogens is 4. The average molecular weight is 310 g/mol. The molecule has 0 atom stereocenters. The highest BCUT2D eigenvalue weighted by Gasteiger charge is 2.13. The molecule has 3 rings (SSSR count). The van der Waals surface area contributed by atoms with E-state index in [1.807, 2.05) is 48.0 Å². The van der Waals surface area contributed by atoms with Crippen molar-refractivity contribution < 1.29 is 9.84 Å². The Hall–Kier alpha value is -2.73. The number of methoxy groups -OCH3 is 1. The molecule has 0 saturated heterocycles. The fraction of sp³-hybridized carbons (Fsp3) is 0.235. The molecule has 0 bridgehead atoms. The van der Waals surface area contributed by atoms with Crippen molar-refractivity contribution in [1.29, 1.82) is 0 Å². The number of pyridine rings is 1. The van der Waals surface area contributed by atoms with E-state index in [1.165, 1.54) is 0 Å².